The van der Waals surface area contributed by atoms with Gasteiger partial charge in [0.15, 0.2) is 0 Å². The summed E-state index contributed by atoms with van der Waals surface area (Å²) in [5.41, 5.74) is 0.752. The van der Waals surface area contributed by atoms with Gasteiger partial charge in [-0.1, -0.05) is 66.0 Å². The number of rotatable bonds is 4. The molecule has 0 saturated carbocycles. The largest absolute Gasteiger partial charge is 0.390 e. The number of aliphatic hydroxyl groups excluding tert-OH is 4. The van der Waals surface area contributed by atoms with E-state index in [1.165, 1.54) is 13.8 Å². The van der Waals surface area contributed by atoms with Crippen molar-refractivity contribution in [3.05, 3.63) is 67.6 Å². The lowest BCUT2D eigenvalue weighted by Crippen LogP contribution is -2.14. The second-order valence-corrected chi connectivity index (χ2v) is 7.27. The molecule has 4 N–H and O–H groups in total. The first-order valence-electron chi connectivity index (χ1n) is 7.68. The van der Waals surface area contributed by atoms with Crippen molar-refractivity contribution in [1.29, 1.82) is 0 Å². The molecular formula is C19H24Cl4O4. The SMILES string of the molecule is C.C[C@@H](O)[C@H](O)c1c(Cl)cccc1Cl.C[C@H](O)[C@@H](O)c1c(Cl)cccc1Cl. The van der Waals surface area contributed by atoms with Gasteiger partial charge in [0.1, 0.15) is 12.2 Å². The van der Waals surface area contributed by atoms with Gasteiger partial charge in [0.2, 0.25) is 0 Å². The molecule has 0 saturated heterocycles. The fourth-order valence-corrected chi connectivity index (χ4v) is 3.31. The summed E-state index contributed by atoms with van der Waals surface area (Å²) in [6.45, 7) is 2.95. The van der Waals surface area contributed by atoms with Gasteiger partial charge in [-0.3, -0.25) is 0 Å². The van der Waals surface area contributed by atoms with E-state index in [0.717, 1.165) is 0 Å². The molecule has 0 unspecified atom stereocenters. The van der Waals surface area contributed by atoms with Gasteiger partial charge in [-0.05, 0) is 38.1 Å². The zero-order valence-electron chi connectivity index (χ0n) is 14.1. The van der Waals surface area contributed by atoms with Gasteiger partial charge in [-0.25, -0.2) is 0 Å². The summed E-state index contributed by atoms with van der Waals surface area (Å²) in [6, 6.07) is 9.84. The Morgan fingerprint density at radius 3 is 1.00 bits per heavy atom. The molecule has 0 aliphatic carbocycles. The van der Waals surface area contributed by atoms with Gasteiger partial charge in [-0.2, -0.15) is 0 Å². The average Bonchev–Trinajstić information content (AvgIpc) is 2.54. The van der Waals surface area contributed by atoms with Crippen LogP contribution in [-0.2, 0) is 0 Å². The van der Waals surface area contributed by atoms with E-state index in [-0.39, 0.29) is 7.43 Å². The monoisotopic (exact) mass is 456 g/mol. The normalized spacial score (nSPS) is 14.9. The fourth-order valence-electron chi connectivity index (χ4n) is 2.07. The van der Waals surface area contributed by atoms with E-state index in [9.17, 15) is 10.2 Å². The maximum absolute atomic E-state index is 9.54. The highest BCUT2D eigenvalue weighted by atomic mass is 35.5. The Hall–Kier alpha value is -0.560. The van der Waals surface area contributed by atoms with E-state index in [1.54, 1.807) is 36.4 Å². The van der Waals surface area contributed by atoms with Gasteiger partial charge in [0.25, 0.3) is 0 Å². The van der Waals surface area contributed by atoms with Crippen LogP contribution in [0.2, 0.25) is 20.1 Å². The van der Waals surface area contributed by atoms with Crippen LogP contribution in [0.25, 0.3) is 0 Å². The zero-order valence-corrected chi connectivity index (χ0v) is 17.1. The van der Waals surface area contributed by atoms with E-state index in [1.807, 2.05) is 0 Å². The highest BCUT2D eigenvalue weighted by molar-refractivity contribution is 6.36. The van der Waals surface area contributed by atoms with Crippen LogP contribution in [0.5, 0.6) is 0 Å². The molecule has 2 aromatic rings. The summed E-state index contributed by atoms with van der Waals surface area (Å²) < 4.78 is 0. The summed E-state index contributed by atoms with van der Waals surface area (Å²) >= 11 is 23.3. The molecule has 0 spiro atoms. The van der Waals surface area contributed by atoms with Crippen LogP contribution in [0.1, 0.15) is 44.6 Å². The van der Waals surface area contributed by atoms with Crippen LogP contribution in [0, 0.1) is 0 Å². The van der Waals surface area contributed by atoms with Crippen molar-refractivity contribution >= 4 is 46.4 Å². The van der Waals surface area contributed by atoms with E-state index < -0.39 is 24.4 Å². The van der Waals surface area contributed by atoms with Crippen molar-refractivity contribution in [3.8, 4) is 0 Å². The fraction of sp³-hybridized carbons (Fsp3) is 0.368. The quantitative estimate of drug-likeness (QED) is 0.491. The van der Waals surface area contributed by atoms with Crippen molar-refractivity contribution in [2.24, 2.45) is 0 Å². The zero-order chi connectivity index (χ0) is 20.0. The van der Waals surface area contributed by atoms with E-state index in [4.69, 9.17) is 56.6 Å². The second kappa shape index (κ2) is 12.1. The topological polar surface area (TPSA) is 80.9 Å². The van der Waals surface area contributed by atoms with Gasteiger partial charge in [0, 0.05) is 31.2 Å². The molecule has 0 aliphatic heterocycles. The Morgan fingerprint density at radius 1 is 0.593 bits per heavy atom. The highest BCUT2D eigenvalue weighted by Crippen LogP contribution is 2.32. The maximum atomic E-state index is 9.54. The molecule has 27 heavy (non-hydrogen) atoms. The molecule has 4 atom stereocenters. The number of hydrogen-bond acceptors (Lipinski definition) is 4. The first-order chi connectivity index (χ1) is 12.1. The van der Waals surface area contributed by atoms with Gasteiger partial charge in [0.05, 0.1) is 12.2 Å². The number of benzene rings is 2. The summed E-state index contributed by atoms with van der Waals surface area (Å²) in [7, 11) is 0. The smallest absolute Gasteiger partial charge is 0.107 e. The Balaban J connectivity index is 0.000000483. The lowest BCUT2D eigenvalue weighted by Gasteiger charge is -2.16. The Bertz CT molecular complexity index is 621. The minimum atomic E-state index is -1.04. The predicted octanol–water partition coefficient (Wildman–Crippen LogP) is 5.45. The van der Waals surface area contributed by atoms with E-state index >= 15 is 0 Å². The van der Waals surface area contributed by atoms with Crippen molar-refractivity contribution in [2.75, 3.05) is 0 Å². The second-order valence-electron chi connectivity index (χ2n) is 5.64. The summed E-state index contributed by atoms with van der Waals surface area (Å²) in [5.74, 6) is 0. The van der Waals surface area contributed by atoms with Crippen LogP contribution in [0.4, 0.5) is 0 Å². The van der Waals surface area contributed by atoms with Crippen LogP contribution < -0.4 is 0 Å². The summed E-state index contributed by atoms with van der Waals surface area (Å²) in [5, 5.41) is 38.8. The van der Waals surface area contributed by atoms with Gasteiger partial charge < -0.3 is 20.4 Å². The molecule has 0 radical (unpaired) electrons. The van der Waals surface area contributed by atoms with Gasteiger partial charge in [-0.15, -0.1) is 0 Å². The minimum Gasteiger partial charge on any atom is -0.390 e. The molecule has 2 aromatic carbocycles. The average molecular weight is 458 g/mol. The molecule has 152 valence electrons. The molecule has 0 aliphatic rings. The first kappa shape index (κ1) is 26.4. The lowest BCUT2D eigenvalue weighted by molar-refractivity contribution is 0.0306. The molecule has 8 heteroatoms. The third kappa shape index (κ3) is 7.41. The molecule has 4 nitrogen and oxygen atoms in total. The standard InChI is InChI=1S/2C9H10Cl2O2.CH4/c2*1-5(12)9(13)8-6(10)3-2-4-7(8)11;/h2*2-5,9,12-13H,1H3;1H4/t2*5-,9+;/m10./s1. The van der Waals surface area contributed by atoms with Crippen molar-refractivity contribution in [2.45, 2.75) is 45.7 Å². The van der Waals surface area contributed by atoms with Crippen molar-refractivity contribution in [3.63, 3.8) is 0 Å². The van der Waals surface area contributed by atoms with Crippen LogP contribution >= 0.6 is 46.4 Å². The molecular weight excluding hydrogens is 434 g/mol. The van der Waals surface area contributed by atoms with Gasteiger partial charge >= 0.3 is 0 Å². The summed E-state index contributed by atoms with van der Waals surface area (Å²) in [4.78, 5) is 0. The number of aliphatic hydroxyl groups is 4. The van der Waals surface area contributed by atoms with Crippen molar-refractivity contribution in [1.82, 2.24) is 0 Å². The lowest BCUT2D eigenvalue weighted by atomic mass is 10.1. The van der Waals surface area contributed by atoms with Crippen LogP contribution in [0.15, 0.2) is 36.4 Å². The minimum absolute atomic E-state index is 0. The molecule has 0 fully saturated rings. The van der Waals surface area contributed by atoms with Crippen molar-refractivity contribution < 1.29 is 20.4 Å². The Labute approximate surface area is 179 Å². The molecule has 0 heterocycles. The highest BCUT2D eigenvalue weighted by Gasteiger charge is 2.20. The molecule has 0 aromatic heterocycles. The van der Waals surface area contributed by atoms with E-state index in [0.29, 0.717) is 31.2 Å². The molecule has 0 bridgehead atoms. The Kier molecular flexibility index (Phi) is 11.8. The van der Waals surface area contributed by atoms with E-state index in [2.05, 4.69) is 0 Å². The van der Waals surface area contributed by atoms with Crippen LogP contribution in [0.3, 0.4) is 0 Å². The molecule has 0 amide bonds. The third-order valence-electron chi connectivity index (χ3n) is 3.50. The third-order valence-corrected chi connectivity index (χ3v) is 4.82. The molecule has 2 rings (SSSR count). The number of halogens is 4. The number of hydrogen-bond donors (Lipinski definition) is 4. The first-order valence-corrected chi connectivity index (χ1v) is 9.19. The Morgan fingerprint density at radius 2 is 0.815 bits per heavy atom. The predicted molar refractivity (Wildman–Crippen MR) is 113 cm³/mol. The van der Waals surface area contributed by atoms with Crippen LogP contribution in [-0.4, -0.2) is 32.6 Å². The summed E-state index contributed by atoms with van der Waals surface area (Å²) in [6.07, 6.45) is -3.86. The maximum Gasteiger partial charge on any atom is 0.107 e.